The van der Waals surface area contributed by atoms with Gasteiger partial charge in [-0.15, -0.1) is 0 Å². The van der Waals surface area contributed by atoms with Gasteiger partial charge in [-0.3, -0.25) is 18.9 Å². The molecule has 0 atom stereocenters. The van der Waals surface area contributed by atoms with Crippen LogP contribution in [0.15, 0.2) is 113 Å². The Hall–Kier alpha value is -4.74. The maximum Gasteiger partial charge on any atom is 0.264 e. The molecule has 0 aliphatic heterocycles. The lowest BCUT2D eigenvalue weighted by molar-refractivity contribution is -0.119. The highest BCUT2D eigenvalue weighted by atomic mass is 35.5. The van der Waals surface area contributed by atoms with Crippen LogP contribution >= 0.6 is 11.6 Å². The maximum atomic E-state index is 13.2. The third kappa shape index (κ3) is 7.65. The number of halogens is 1. The van der Waals surface area contributed by atoms with E-state index >= 15 is 0 Å². The average molecular weight is 578 g/mol. The summed E-state index contributed by atoms with van der Waals surface area (Å²) in [5.74, 6) is -0.561. The van der Waals surface area contributed by atoms with E-state index in [0.29, 0.717) is 22.0 Å². The lowest BCUT2D eigenvalue weighted by Gasteiger charge is -2.23. The molecule has 0 saturated heterocycles. The Labute approximate surface area is 236 Å². The number of para-hydroxylation sites is 1. The van der Waals surface area contributed by atoms with E-state index in [4.69, 9.17) is 16.3 Å². The predicted molar refractivity (Wildman–Crippen MR) is 153 cm³/mol. The molecule has 2 amide bonds. The van der Waals surface area contributed by atoms with E-state index in [2.05, 4.69) is 20.8 Å². The molecule has 40 heavy (non-hydrogen) atoms. The Morgan fingerprint density at radius 2 is 1.65 bits per heavy atom. The van der Waals surface area contributed by atoms with Gasteiger partial charge in [-0.25, -0.2) is 13.8 Å². The van der Waals surface area contributed by atoms with Crippen LogP contribution in [0.4, 0.5) is 11.4 Å². The zero-order valence-electron chi connectivity index (χ0n) is 21.0. The summed E-state index contributed by atoms with van der Waals surface area (Å²) in [6.45, 7) is -0.725. The van der Waals surface area contributed by atoms with Crippen LogP contribution in [0, 0.1) is 0 Å². The number of sulfonamides is 1. The number of pyridine rings is 1. The first kappa shape index (κ1) is 28.3. The smallest absolute Gasteiger partial charge is 0.264 e. The molecule has 12 heteroatoms. The highest BCUT2D eigenvalue weighted by Gasteiger charge is 2.27. The summed E-state index contributed by atoms with van der Waals surface area (Å²) in [4.78, 5) is 28.8. The van der Waals surface area contributed by atoms with Gasteiger partial charge < -0.3 is 10.1 Å². The summed E-state index contributed by atoms with van der Waals surface area (Å²) in [7, 11) is -4.03. The van der Waals surface area contributed by atoms with Crippen LogP contribution < -0.4 is 19.8 Å². The minimum absolute atomic E-state index is 0.0406. The van der Waals surface area contributed by atoms with E-state index in [1.807, 2.05) is 0 Å². The molecule has 0 saturated carbocycles. The zero-order chi connectivity index (χ0) is 28.4. The molecular weight excluding hydrogens is 554 g/mol. The second kappa shape index (κ2) is 13.4. The molecule has 10 nitrogen and oxygen atoms in total. The summed E-state index contributed by atoms with van der Waals surface area (Å²) in [6, 6.07) is 24.5. The fourth-order valence-electron chi connectivity index (χ4n) is 3.43. The molecule has 0 aliphatic carbocycles. The van der Waals surface area contributed by atoms with Gasteiger partial charge in [-0.05, 0) is 66.2 Å². The Morgan fingerprint density at radius 3 is 2.35 bits per heavy atom. The molecular formula is C28H24ClN5O5S. The number of hydrazone groups is 1. The number of rotatable bonds is 11. The molecule has 0 unspecified atom stereocenters. The van der Waals surface area contributed by atoms with Crippen molar-refractivity contribution in [3.05, 3.63) is 114 Å². The Balaban J connectivity index is 1.32. The molecule has 4 aromatic rings. The number of anilines is 2. The lowest BCUT2D eigenvalue weighted by atomic mass is 10.2. The van der Waals surface area contributed by atoms with Crippen molar-refractivity contribution < 1.29 is 22.7 Å². The topological polar surface area (TPSA) is 130 Å². The number of carbonyl (C=O) groups excluding carboxylic acids is 2. The Bertz CT molecular complexity index is 1580. The average Bonchev–Trinajstić information content (AvgIpc) is 2.97. The van der Waals surface area contributed by atoms with Crippen molar-refractivity contribution in [2.24, 2.45) is 5.10 Å². The molecule has 0 bridgehead atoms. The molecule has 2 N–H and O–H groups in total. The summed E-state index contributed by atoms with van der Waals surface area (Å²) >= 11 is 6.04. The molecule has 3 aromatic carbocycles. The van der Waals surface area contributed by atoms with Crippen molar-refractivity contribution in [1.29, 1.82) is 0 Å². The Morgan fingerprint density at radius 1 is 0.925 bits per heavy atom. The van der Waals surface area contributed by atoms with Crippen molar-refractivity contribution >= 4 is 51.0 Å². The van der Waals surface area contributed by atoms with Gasteiger partial charge in [0.15, 0.2) is 6.61 Å². The van der Waals surface area contributed by atoms with Gasteiger partial charge in [0.05, 0.1) is 33.7 Å². The van der Waals surface area contributed by atoms with Crippen LogP contribution in [0.25, 0.3) is 0 Å². The summed E-state index contributed by atoms with van der Waals surface area (Å²) in [6.07, 6.45) is 4.26. The van der Waals surface area contributed by atoms with E-state index in [9.17, 15) is 18.0 Å². The summed E-state index contributed by atoms with van der Waals surface area (Å²) in [5.41, 5.74) is 3.71. The van der Waals surface area contributed by atoms with Crippen molar-refractivity contribution in [3.8, 4) is 5.75 Å². The van der Waals surface area contributed by atoms with E-state index in [-0.39, 0.29) is 23.1 Å². The number of amides is 2. The first-order chi connectivity index (χ1) is 19.3. The normalized spacial score (nSPS) is 11.1. The quantitative estimate of drug-likeness (QED) is 0.204. The van der Waals surface area contributed by atoms with Crippen LogP contribution in [0.1, 0.15) is 5.56 Å². The minimum Gasteiger partial charge on any atom is -0.484 e. The van der Waals surface area contributed by atoms with E-state index in [1.165, 1.54) is 30.7 Å². The third-order valence-corrected chi connectivity index (χ3v) is 7.47. The molecule has 1 heterocycles. The number of hydrogen-bond acceptors (Lipinski definition) is 7. The first-order valence-electron chi connectivity index (χ1n) is 11.9. The van der Waals surface area contributed by atoms with Gasteiger partial charge in [-0.1, -0.05) is 41.9 Å². The molecule has 4 rings (SSSR count). The number of carbonyl (C=O) groups is 2. The van der Waals surface area contributed by atoms with Gasteiger partial charge in [-0.2, -0.15) is 5.10 Å². The summed E-state index contributed by atoms with van der Waals surface area (Å²) < 4.78 is 32.9. The fraction of sp³-hybridized carbons (Fsp3) is 0.0714. The highest BCUT2D eigenvalue weighted by molar-refractivity contribution is 7.92. The largest absolute Gasteiger partial charge is 0.484 e. The van der Waals surface area contributed by atoms with Crippen LogP contribution in [0.3, 0.4) is 0 Å². The molecule has 1 aromatic heterocycles. The van der Waals surface area contributed by atoms with Crippen LogP contribution in [-0.4, -0.2) is 44.6 Å². The van der Waals surface area contributed by atoms with Crippen molar-refractivity contribution in [3.63, 3.8) is 0 Å². The van der Waals surface area contributed by atoms with Crippen LogP contribution in [-0.2, 0) is 19.6 Å². The number of nitrogens with one attached hydrogen (secondary N) is 2. The molecule has 0 radical (unpaired) electrons. The zero-order valence-corrected chi connectivity index (χ0v) is 22.5. The van der Waals surface area contributed by atoms with Gasteiger partial charge in [0.2, 0.25) is 0 Å². The van der Waals surface area contributed by atoms with Gasteiger partial charge in [0, 0.05) is 6.20 Å². The second-order valence-electron chi connectivity index (χ2n) is 8.21. The number of aromatic nitrogens is 1. The Kier molecular flexibility index (Phi) is 9.44. The van der Waals surface area contributed by atoms with Crippen LogP contribution in [0.5, 0.6) is 5.75 Å². The maximum absolute atomic E-state index is 13.2. The number of ether oxygens (including phenoxy) is 1. The highest BCUT2D eigenvalue weighted by Crippen LogP contribution is 2.23. The van der Waals surface area contributed by atoms with E-state index < -0.39 is 22.5 Å². The second-order valence-corrected chi connectivity index (χ2v) is 10.5. The molecule has 0 fully saturated rings. The van der Waals surface area contributed by atoms with Crippen molar-refractivity contribution in [2.75, 3.05) is 22.8 Å². The van der Waals surface area contributed by atoms with E-state index in [1.54, 1.807) is 78.9 Å². The predicted octanol–water partition coefficient (Wildman–Crippen LogP) is 4.10. The molecule has 0 spiro atoms. The van der Waals surface area contributed by atoms with Crippen molar-refractivity contribution in [2.45, 2.75) is 4.90 Å². The minimum atomic E-state index is -4.03. The van der Waals surface area contributed by atoms with Gasteiger partial charge >= 0.3 is 0 Å². The van der Waals surface area contributed by atoms with Crippen molar-refractivity contribution in [1.82, 2.24) is 10.4 Å². The molecule has 0 aliphatic rings. The number of benzene rings is 3. The summed E-state index contributed by atoms with van der Waals surface area (Å²) in [5, 5.41) is 7.02. The lowest BCUT2D eigenvalue weighted by Crippen LogP contribution is -2.39. The number of nitrogens with zero attached hydrogens (tertiary/aromatic N) is 3. The third-order valence-electron chi connectivity index (χ3n) is 5.35. The fourth-order valence-corrected chi connectivity index (χ4v) is 5.04. The number of hydrogen-bond donors (Lipinski definition) is 2. The van der Waals surface area contributed by atoms with Gasteiger partial charge in [0.25, 0.3) is 21.8 Å². The standard InChI is InChI=1S/C28H24ClN5O5S/c29-25-10-4-5-11-26(25)32-28(36)20-39-23-14-12-21(13-15-23)17-31-33-27(35)19-34(22-7-6-16-30-18-22)40(37,38)24-8-2-1-3-9-24/h1-18H,19-20H2,(H,32,36)(H,33,35)/b31-17-. The SMILES string of the molecule is O=C(CN(c1cccnc1)S(=O)(=O)c1ccccc1)N/N=C\c1ccc(OCC(=O)Nc2ccccc2Cl)cc1. The first-order valence-corrected chi connectivity index (χ1v) is 13.7. The van der Waals surface area contributed by atoms with Gasteiger partial charge in [0.1, 0.15) is 12.3 Å². The van der Waals surface area contributed by atoms with E-state index in [0.717, 1.165) is 4.31 Å². The monoisotopic (exact) mass is 577 g/mol. The van der Waals surface area contributed by atoms with Crippen LogP contribution in [0.2, 0.25) is 5.02 Å². The molecule has 204 valence electrons.